The molecule has 1 fully saturated rings. The topological polar surface area (TPSA) is 87.7 Å². The van der Waals surface area contributed by atoms with E-state index in [-0.39, 0.29) is 12.0 Å². The number of benzene rings is 1. The van der Waals surface area contributed by atoms with E-state index in [4.69, 9.17) is 11.6 Å². The molecule has 0 spiro atoms. The minimum Gasteiger partial charge on any atom is -0.262 e. The molecule has 1 heterocycles. The van der Waals surface area contributed by atoms with E-state index in [9.17, 15) is 8.42 Å². The molecule has 3 rings (SSSR count). The van der Waals surface area contributed by atoms with Gasteiger partial charge in [0.15, 0.2) is 5.82 Å². The van der Waals surface area contributed by atoms with Crippen LogP contribution in [-0.4, -0.2) is 34.9 Å². The smallest absolute Gasteiger partial charge is 0.214 e. The Labute approximate surface area is 153 Å². The number of nitrogens with zero attached hydrogens (tertiary/aromatic N) is 2. The molecule has 6 nitrogen and oxygen atoms in total. The van der Waals surface area contributed by atoms with Gasteiger partial charge in [0.1, 0.15) is 5.82 Å². The van der Waals surface area contributed by atoms with Gasteiger partial charge in [0.2, 0.25) is 10.0 Å². The second-order valence-corrected chi connectivity index (χ2v) is 9.52. The standard InChI is InChI=1S/C17H23ClN4O2S/c1-11(2)25(23,24)22-15-9-5-13(6-10-15)17-19-16(20-21-17)12-3-7-14(18)8-4-12/h3-4,7-8,11,13,15,22H,5-6,9-10H2,1-2H3,(H,19,20,21)/t13-,15-. The largest absolute Gasteiger partial charge is 0.262 e. The first-order chi connectivity index (χ1) is 11.8. The molecule has 0 atom stereocenters. The summed E-state index contributed by atoms with van der Waals surface area (Å²) < 4.78 is 26.8. The zero-order valence-corrected chi connectivity index (χ0v) is 15.9. The monoisotopic (exact) mass is 382 g/mol. The van der Waals surface area contributed by atoms with E-state index in [0.29, 0.717) is 10.8 Å². The highest BCUT2D eigenvalue weighted by Gasteiger charge is 2.28. The Morgan fingerprint density at radius 2 is 1.80 bits per heavy atom. The normalized spacial score (nSPS) is 21.6. The van der Waals surface area contributed by atoms with Crippen LogP contribution in [0.5, 0.6) is 0 Å². The van der Waals surface area contributed by atoms with Crippen molar-refractivity contribution in [3.8, 4) is 11.4 Å². The molecule has 136 valence electrons. The molecule has 0 radical (unpaired) electrons. The quantitative estimate of drug-likeness (QED) is 0.828. The lowest BCUT2D eigenvalue weighted by Gasteiger charge is -2.28. The summed E-state index contributed by atoms with van der Waals surface area (Å²) in [5.74, 6) is 1.82. The van der Waals surface area contributed by atoms with Crippen molar-refractivity contribution in [1.82, 2.24) is 19.9 Å². The van der Waals surface area contributed by atoms with Crippen LogP contribution >= 0.6 is 11.6 Å². The number of hydrogen-bond acceptors (Lipinski definition) is 4. The second-order valence-electron chi connectivity index (χ2n) is 6.81. The molecule has 25 heavy (non-hydrogen) atoms. The maximum atomic E-state index is 12.0. The summed E-state index contributed by atoms with van der Waals surface area (Å²) in [6.45, 7) is 3.39. The van der Waals surface area contributed by atoms with Crippen LogP contribution < -0.4 is 4.72 Å². The first-order valence-electron chi connectivity index (χ1n) is 8.54. The fourth-order valence-corrected chi connectivity index (χ4v) is 4.14. The van der Waals surface area contributed by atoms with Crippen molar-refractivity contribution in [2.45, 2.75) is 56.7 Å². The van der Waals surface area contributed by atoms with Crippen molar-refractivity contribution in [3.05, 3.63) is 35.1 Å². The predicted octanol–water partition coefficient (Wildman–Crippen LogP) is 3.48. The Morgan fingerprint density at radius 3 is 2.40 bits per heavy atom. The molecular weight excluding hydrogens is 360 g/mol. The summed E-state index contributed by atoms with van der Waals surface area (Å²) in [4.78, 5) is 4.61. The van der Waals surface area contributed by atoms with Gasteiger partial charge in [-0.15, -0.1) is 0 Å². The number of H-pyrrole nitrogens is 1. The highest BCUT2D eigenvalue weighted by molar-refractivity contribution is 7.90. The van der Waals surface area contributed by atoms with Gasteiger partial charge in [-0.2, -0.15) is 5.10 Å². The van der Waals surface area contributed by atoms with Gasteiger partial charge in [0, 0.05) is 22.5 Å². The molecule has 0 aliphatic heterocycles. The second kappa shape index (κ2) is 7.43. The molecule has 1 aliphatic rings. The lowest BCUT2D eigenvalue weighted by molar-refractivity contribution is 0.365. The number of halogens is 1. The number of hydrogen-bond donors (Lipinski definition) is 2. The van der Waals surface area contributed by atoms with Gasteiger partial charge < -0.3 is 0 Å². The SMILES string of the molecule is CC(C)S(=O)(=O)N[C@H]1CC[C@H](c2nc(-c3ccc(Cl)cc3)n[nH]2)CC1. The molecule has 1 aromatic heterocycles. The van der Waals surface area contributed by atoms with E-state index in [1.165, 1.54) is 0 Å². The lowest BCUT2D eigenvalue weighted by Crippen LogP contribution is -2.40. The first-order valence-corrected chi connectivity index (χ1v) is 10.5. The predicted molar refractivity (Wildman–Crippen MR) is 99.0 cm³/mol. The zero-order valence-electron chi connectivity index (χ0n) is 14.4. The minimum atomic E-state index is -3.21. The molecule has 1 saturated carbocycles. The molecule has 0 amide bonds. The van der Waals surface area contributed by atoms with Crippen LogP contribution in [0.25, 0.3) is 11.4 Å². The zero-order chi connectivity index (χ0) is 18.0. The molecule has 0 saturated heterocycles. The molecule has 0 bridgehead atoms. The lowest BCUT2D eigenvalue weighted by atomic mass is 9.86. The summed E-state index contributed by atoms with van der Waals surface area (Å²) in [5, 5.41) is 7.62. The van der Waals surface area contributed by atoms with E-state index >= 15 is 0 Å². The van der Waals surface area contributed by atoms with Crippen LogP contribution in [0.4, 0.5) is 0 Å². The Bertz CT molecular complexity index is 809. The van der Waals surface area contributed by atoms with Crippen molar-refractivity contribution in [1.29, 1.82) is 0 Å². The van der Waals surface area contributed by atoms with Gasteiger partial charge in [-0.25, -0.2) is 18.1 Å². The molecule has 2 aromatic rings. The van der Waals surface area contributed by atoms with Crippen molar-refractivity contribution in [2.75, 3.05) is 0 Å². The summed E-state index contributed by atoms with van der Waals surface area (Å²) >= 11 is 5.91. The number of nitrogens with one attached hydrogen (secondary N) is 2. The van der Waals surface area contributed by atoms with Crippen molar-refractivity contribution < 1.29 is 8.42 Å². The van der Waals surface area contributed by atoms with E-state index in [2.05, 4.69) is 19.9 Å². The van der Waals surface area contributed by atoms with Crippen molar-refractivity contribution >= 4 is 21.6 Å². The molecule has 1 aliphatic carbocycles. The maximum absolute atomic E-state index is 12.0. The van der Waals surface area contributed by atoms with Gasteiger partial charge in [0.25, 0.3) is 0 Å². The highest BCUT2D eigenvalue weighted by Crippen LogP contribution is 2.32. The van der Waals surface area contributed by atoms with Crippen LogP contribution in [0.1, 0.15) is 51.3 Å². The van der Waals surface area contributed by atoms with Gasteiger partial charge >= 0.3 is 0 Å². The maximum Gasteiger partial charge on any atom is 0.214 e. The molecular formula is C17H23ClN4O2S. The van der Waals surface area contributed by atoms with Crippen molar-refractivity contribution in [2.24, 2.45) is 0 Å². The van der Waals surface area contributed by atoms with E-state index in [0.717, 1.165) is 37.1 Å². The first kappa shape index (κ1) is 18.4. The van der Waals surface area contributed by atoms with Gasteiger partial charge in [-0.3, -0.25) is 5.10 Å². The molecule has 8 heteroatoms. The van der Waals surface area contributed by atoms with E-state index in [1.54, 1.807) is 13.8 Å². The van der Waals surface area contributed by atoms with Crippen LogP contribution in [-0.2, 0) is 10.0 Å². The highest BCUT2D eigenvalue weighted by atomic mass is 35.5. The minimum absolute atomic E-state index is 0.0160. The fourth-order valence-electron chi connectivity index (χ4n) is 3.04. The van der Waals surface area contributed by atoms with Crippen LogP contribution in [0.3, 0.4) is 0 Å². The number of aromatic nitrogens is 3. The Balaban J connectivity index is 1.61. The summed E-state index contributed by atoms with van der Waals surface area (Å²) in [6, 6.07) is 7.44. The Hall–Kier alpha value is -1.44. The number of aromatic amines is 1. The third kappa shape index (κ3) is 4.40. The number of sulfonamides is 1. The Kier molecular flexibility index (Phi) is 5.46. The average Bonchev–Trinajstić information content (AvgIpc) is 3.06. The van der Waals surface area contributed by atoms with Crippen LogP contribution in [0.15, 0.2) is 24.3 Å². The van der Waals surface area contributed by atoms with Gasteiger partial charge in [-0.05, 0) is 63.8 Å². The van der Waals surface area contributed by atoms with E-state index in [1.807, 2.05) is 24.3 Å². The molecule has 1 aromatic carbocycles. The summed E-state index contributed by atoms with van der Waals surface area (Å²) in [7, 11) is -3.21. The summed E-state index contributed by atoms with van der Waals surface area (Å²) in [6.07, 6.45) is 3.41. The Morgan fingerprint density at radius 1 is 1.16 bits per heavy atom. The number of rotatable bonds is 5. The van der Waals surface area contributed by atoms with E-state index < -0.39 is 15.3 Å². The van der Waals surface area contributed by atoms with Gasteiger partial charge in [-0.1, -0.05) is 11.6 Å². The van der Waals surface area contributed by atoms with Crippen LogP contribution in [0.2, 0.25) is 5.02 Å². The molecule has 0 unspecified atom stereocenters. The van der Waals surface area contributed by atoms with Gasteiger partial charge in [0.05, 0.1) is 5.25 Å². The average molecular weight is 383 g/mol. The third-order valence-electron chi connectivity index (χ3n) is 4.67. The van der Waals surface area contributed by atoms with Crippen LogP contribution in [0, 0.1) is 0 Å². The fraction of sp³-hybridized carbons (Fsp3) is 0.529. The molecule has 2 N–H and O–H groups in total. The summed E-state index contributed by atoms with van der Waals surface area (Å²) in [5.41, 5.74) is 0.922. The van der Waals surface area contributed by atoms with Crippen molar-refractivity contribution in [3.63, 3.8) is 0 Å². The third-order valence-corrected chi connectivity index (χ3v) is 6.83.